The van der Waals surface area contributed by atoms with Gasteiger partial charge in [0.2, 0.25) is 0 Å². The third kappa shape index (κ3) is 4.43. The summed E-state index contributed by atoms with van der Waals surface area (Å²) in [7, 11) is 0. The lowest BCUT2D eigenvalue weighted by atomic mass is 10.1. The second-order valence-electron chi connectivity index (χ2n) is 4.93. The van der Waals surface area contributed by atoms with Crippen molar-refractivity contribution < 1.29 is 9.53 Å². The van der Waals surface area contributed by atoms with E-state index in [2.05, 4.69) is 24.4 Å². The van der Waals surface area contributed by atoms with Crippen LogP contribution in [0.15, 0.2) is 54.6 Å². The Bertz CT molecular complexity index is 564. The number of esters is 1. The maximum absolute atomic E-state index is 11.6. The highest BCUT2D eigenvalue weighted by atomic mass is 16.5. The molecule has 0 heterocycles. The van der Waals surface area contributed by atoms with E-state index in [9.17, 15) is 4.79 Å². The van der Waals surface area contributed by atoms with Crippen LogP contribution in [0.1, 0.15) is 41.4 Å². The molecule has 0 amide bonds. The van der Waals surface area contributed by atoms with Crippen molar-refractivity contribution in [2.24, 2.45) is 0 Å². The lowest BCUT2D eigenvalue weighted by Crippen LogP contribution is -2.18. The van der Waals surface area contributed by atoms with Crippen LogP contribution < -0.4 is 5.32 Å². The van der Waals surface area contributed by atoms with Crippen molar-refractivity contribution >= 4 is 5.97 Å². The van der Waals surface area contributed by atoms with Gasteiger partial charge in [0, 0.05) is 12.6 Å². The zero-order chi connectivity index (χ0) is 15.1. The SMILES string of the molecule is CCOC(=O)c1ccc(CNC(C)c2ccccc2)cc1. The number of hydrogen-bond donors (Lipinski definition) is 1. The fraction of sp³-hybridized carbons (Fsp3) is 0.278. The predicted octanol–water partition coefficient (Wildman–Crippen LogP) is 3.71. The first-order valence-electron chi connectivity index (χ1n) is 7.25. The lowest BCUT2D eigenvalue weighted by molar-refractivity contribution is 0.0526. The fourth-order valence-electron chi connectivity index (χ4n) is 2.10. The van der Waals surface area contributed by atoms with E-state index < -0.39 is 0 Å². The quantitative estimate of drug-likeness (QED) is 0.821. The van der Waals surface area contributed by atoms with Gasteiger partial charge >= 0.3 is 5.97 Å². The lowest BCUT2D eigenvalue weighted by Gasteiger charge is -2.14. The Hall–Kier alpha value is -2.13. The molecule has 1 N–H and O–H groups in total. The van der Waals surface area contributed by atoms with Crippen LogP contribution in [-0.2, 0) is 11.3 Å². The number of carbonyl (C=O) groups is 1. The number of benzene rings is 2. The smallest absolute Gasteiger partial charge is 0.338 e. The second-order valence-corrected chi connectivity index (χ2v) is 4.93. The van der Waals surface area contributed by atoms with E-state index in [4.69, 9.17) is 4.74 Å². The van der Waals surface area contributed by atoms with Gasteiger partial charge in [0.15, 0.2) is 0 Å². The van der Waals surface area contributed by atoms with Gasteiger partial charge in [0.25, 0.3) is 0 Å². The van der Waals surface area contributed by atoms with Crippen LogP contribution in [0.5, 0.6) is 0 Å². The summed E-state index contributed by atoms with van der Waals surface area (Å²) in [5.41, 5.74) is 3.00. The predicted molar refractivity (Wildman–Crippen MR) is 84.1 cm³/mol. The summed E-state index contributed by atoms with van der Waals surface area (Å²) in [4.78, 5) is 11.6. The minimum absolute atomic E-state index is 0.269. The highest BCUT2D eigenvalue weighted by Gasteiger charge is 2.07. The molecule has 0 spiro atoms. The van der Waals surface area contributed by atoms with Gasteiger partial charge < -0.3 is 10.1 Å². The molecule has 0 bridgehead atoms. The molecule has 0 saturated carbocycles. The van der Waals surface area contributed by atoms with Gasteiger partial charge in [-0.05, 0) is 37.1 Å². The molecule has 3 heteroatoms. The summed E-state index contributed by atoms with van der Waals surface area (Å²) in [6.45, 7) is 5.11. The third-order valence-corrected chi connectivity index (χ3v) is 3.38. The van der Waals surface area contributed by atoms with Crippen LogP contribution in [0, 0.1) is 0 Å². The first kappa shape index (κ1) is 15.3. The van der Waals surface area contributed by atoms with Crippen LogP contribution in [0.25, 0.3) is 0 Å². The molecule has 0 aliphatic rings. The van der Waals surface area contributed by atoms with E-state index in [0.29, 0.717) is 12.2 Å². The molecule has 0 saturated heterocycles. The van der Waals surface area contributed by atoms with E-state index >= 15 is 0 Å². The largest absolute Gasteiger partial charge is 0.462 e. The van der Waals surface area contributed by atoms with Gasteiger partial charge in [-0.3, -0.25) is 0 Å². The van der Waals surface area contributed by atoms with Crippen LogP contribution in [-0.4, -0.2) is 12.6 Å². The topological polar surface area (TPSA) is 38.3 Å². The molecule has 1 unspecified atom stereocenters. The number of ether oxygens (including phenoxy) is 1. The molecule has 21 heavy (non-hydrogen) atoms. The first-order chi connectivity index (χ1) is 10.2. The summed E-state index contributed by atoms with van der Waals surface area (Å²) in [5.74, 6) is -0.269. The summed E-state index contributed by atoms with van der Waals surface area (Å²) in [5, 5.41) is 3.47. The van der Waals surface area contributed by atoms with Crippen molar-refractivity contribution in [2.75, 3.05) is 6.61 Å². The average Bonchev–Trinajstić information content (AvgIpc) is 2.54. The highest BCUT2D eigenvalue weighted by Crippen LogP contribution is 2.13. The molecule has 2 aromatic carbocycles. The molecule has 0 radical (unpaired) electrons. The van der Waals surface area contributed by atoms with Crippen LogP contribution in [0.2, 0.25) is 0 Å². The van der Waals surface area contributed by atoms with E-state index in [1.807, 2.05) is 42.5 Å². The summed E-state index contributed by atoms with van der Waals surface area (Å²) in [6, 6.07) is 18.1. The van der Waals surface area contributed by atoms with Gasteiger partial charge in [0.05, 0.1) is 12.2 Å². The third-order valence-electron chi connectivity index (χ3n) is 3.38. The standard InChI is InChI=1S/C18H21NO2/c1-3-21-18(20)17-11-9-15(10-12-17)13-19-14(2)16-7-5-4-6-8-16/h4-12,14,19H,3,13H2,1-2H3. The highest BCUT2D eigenvalue weighted by molar-refractivity contribution is 5.89. The Morgan fingerprint density at radius 3 is 2.38 bits per heavy atom. The Labute approximate surface area is 126 Å². The number of nitrogens with one attached hydrogen (secondary N) is 1. The van der Waals surface area contributed by atoms with Crippen LogP contribution in [0.4, 0.5) is 0 Å². The van der Waals surface area contributed by atoms with Crippen molar-refractivity contribution in [2.45, 2.75) is 26.4 Å². The average molecular weight is 283 g/mol. The van der Waals surface area contributed by atoms with Crippen molar-refractivity contribution in [3.8, 4) is 0 Å². The fourth-order valence-corrected chi connectivity index (χ4v) is 2.10. The molecule has 0 aromatic heterocycles. The minimum Gasteiger partial charge on any atom is -0.462 e. The Balaban J connectivity index is 1.90. The molecule has 0 fully saturated rings. The molecule has 1 atom stereocenters. The maximum Gasteiger partial charge on any atom is 0.338 e. The van der Waals surface area contributed by atoms with Gasteiger partial charge in [0.1, 0.15) is 0 Å². The van der Waals surface area contributed by atoms with Gasteiger partial charge in [-0.2, -0.15) is 0 Å². The van der Waals surface area contributed by atoms with E-state index in [-0.39, 0.29) is 12.0 Å². The molecular formula is C18H21NO2. The van der Waals surface area contributed by atoms with E-state index in [0.717, 1.165) is 12.1 Å². The number of carbonyl (C=O) groups excluding carboxylic acids is 1. The van der Waals surface area contributed by atoms with E-state index in [1.54, 1.807) is 6.92 Å². The monoisotopic (exact) mass is 283 g/mol. The van der Waals surface area contributed by atoms with Crippen LogP contribution in [0.3, 0.4) is 0 Å². The normalized spacial score (nSPS) is 11.9. The Morgan fingerprint density at radius 1 is 1.10 bits per heavy atom. The maximum atomic E-state index is 11.6. The molecule has 2 aromatic rings. The molecule has 110 valence electrons. The summed E-state index contributed by atoms with van der Waals surface area (Å²) < 4.78 is 4.97. The van der Waals surface area contributed by atoms with Gasteiger partial charge in [-0.15, -0.1) is 0 Å². The summed E-state index contributed by atoms with van der Waals surface area (Å²) >= 11 is 0. The molecule has 0 aliphatic heterocycles. The number of rotatable bonds is 6. The van der Waals surface area contributed by atoms with Crippen LogP contribution >= 0.6 is 0 Å². The first-order valence-corrected chi connectivity index (χ1v) is 7.25. The Morgan fingerprint density at radius 2 is 1.76 bits per heavy atom. The van der Waals surface area contributed by atoms with Crippen molar-refractivity contribution in [3.05, 3.63) is 71.3 Å². The second kappa shape index (κ2) is 7.60. The molecule has 2 rings (SSSR count). The molecule has 3 nitrogen and oxygen atoms in total. The molecular weight excluding hydrogens is 262 g/mol. The van der Waals surface area contributed by atoms with Crippen molar-refractivity contribution in [1.82, 2.24) is 5.32 Å². The van der Waals surface area contributed by atoms with Crippen molar-refractivity contribution in [1.29, 1.82) is 0 Å². The van der Waals surface area contributed by atoms with E-state index in [1.165, 1.54) is 5.56 Å². The van der Waals surface area contributed by atoms with Crippen molar-refractivity contribution in [3.63, 3.8) is 0 Å². The zero-order valence-corrected chi connectivity index (χ0v) is 12.5. The number of hydrogen-bond acceptors (Lipinski definition) is 3. The Kier molecular flexibility index (Phi) is 5.52. The zero-order valence-electron chi connectivity index (χ0n) is 12.5. The van der Waals surface area contributed by atoms with Gasteiger partial charge in [-0.1, -0.05) is 42.5 Å². The van der Waals surface area contributed by atoms with Gasteiger partial charge in [-0.25, -0.2) is 4.79 Å². The molecule has 0 aliphatic carbocycles. The minimum atomic E-state index is -0.269. The summed E-state index contributed by atoms with van der Waals surface area (Å²) in [6.07, 6.45) is 0.